The zero-order valence-corrected chi connectivity index (χ0v) is 11.4. The van der Waals surface area contributed by atoms with Crippen molar-refractivity contribution in [2.45, 2.75) is 26.2 Å². The highest BCUT2D eigenvalue weighted by atomic mass is 14.3. The molecule has 2 rings (SSSR count). The third kappa shape index (κ3) is 2.53. The van der Waals surface area contributed by atoms with Gasteiger partial charge in [0.15, 0.2) is 0 Å². The summed E-state index contributed by atoms with van der Waals surface area (Å²) in [7, 11) is 0. The molecule has 0 aliphatic heterocycles. The number of rotatable bonds is 3. The summed E-state index contributed by atoms with van der Waals surface area (Å²) in [6.45, 7) is 6.60. The van der Waals surface area contributed by atoms with Crippen molar-refractivity contribution in [3.63, 3.8) is 0 Å². The Morgan fingerprint density at radius 2 is 1.50 bits per heavy atom. The molecule has 0 unspecified atom stereocenters. The molecule has 0 amide bonds. The molecule has 0 heteroatoms. The predicted molar refractivity (Wildman–Crippen MR) is 79.7 cm³/mol. The van der Waals surface area contributed by atoms with Crippen LogP contribution < -0.4 is 0 Å². The minimum Gasteiger partial charge on any atom is -0.0871 e. The molecular formula is C18H20. The summed E-state index contributed by atoms with van der Waals surface area (Å²) in [6.07, 6.45) is 4.22. The van der Waals surface area contributed by atoms with E-state index in [1.54, 1.807) is 0 Å². The standard InChI is InChI=1S/C18H20/c1-4-9-15-10-8-13-17(14-15)18(2,3)16-11-6-5-7-12-16/h4-14H,1-3H3/b9-4+. The second-order valence-corrected chi connectivity index (χ2v) is 5.12. The van der Waals surface area contributed by atoms with Crippen molar-refractivity contribution in [2.24, 2.45) is 0 Å². The van der Waals surface area contributed by atoms with Crippen LogP contribution >= 0.6 is 0 Å². The Hall–Kier alpha value is -1.82. The zero-order valence-electron chi connectivity index (χ0n) is 11.4. The maximum absolute atomic E-state index is 2.27. The van der Waals surface area contributed by atoms with E-state index in [2.05, 4.69) is 87.5 Å². The van der Waals surface area contributed by atoms with Crippen LogP contribution in [-0.4, -0.2) is 0 Å². The van der Waals surface area contributed by atoms with Crippen LogP contribution in [0.4, 0.5) is 0 Å². The molecule has 0 saturated carbocycles. The molecule has 0 heterocycles. The van der Waals surface area contributed by atoms with E-state index < -0.39 is 0 Å². The Morgan fingerprint density at radius 1 is 0.833 bits per heavy atom. The topological polar surface area (TPSA) is 0 Å². The van der Waals surface area contributed by atoms with E-state index in [-0.39, 0.29) is 5.41 Å². The molecule has 0 radical (unpaired) electrons. The van der Waals surface area contributed by atoms with Gasteiger partial charge >= 0.3 is 0 Å². The molecule has 0 spiro atoms. The van der Waals surface area contributed by atoms with Crippen LogP contribution in [-0.2, 0) is 5.41 Å². The van der Waals surface area contributed by atoms with Crippen molar-refractivity contribution in [1.82, 2.24) is 0 Å². The van der Waals surface area contributed by atoms with Gasteiger partial charge in [0, 0.05) is 5.41 Å². The van der Waals surface area contributed by atoms with Crippen LogP contribution in [0.25, 0.3) is 6.08 Å². The van der Waals surface area contributed by atoms with E-state index in [0.29, 0.717) is 0 Å². The Morgan fingerprint density at radius 3 is 2.17 bits per heavy atom. The average Bonchev–Trinajstić information content (AvgIpc) is 2.40. The predicted octanol–water partition coefficient (Wildman–Crippen LogP) is 5.05. The number of hydrogen-bond acceptors (Lipinski definition) is 0. The SMILES string of the molecule is C/C=C/c1cccc(C(C)(C)c2ccccc2)c1. The fourth-order valence-corrected chi connectivity index (χ4v) is 2.25. The lowest BCUT2D eigenvalue weighted by atomic mass is 9.78. The van der Waals surface area contributed by atoms with Crippen molar-refractivity contribution >= 4 is 6.08 Å². The number of hydrogen-bond donors (Lipinski definition) is 0. The summed E-state index contributed by atoms with van der Waals surface area (Å²) in [5.74, 6) is 0. The molecule has 0 atom stereocenters. The fraction of sp³-hybridized carbons (Fsp3) is 0.222. The molecule has 0 aliphatic carbocycles. The van der Waals surface area contributed by atoms with Gasteiger partial charge in [-0.05, 0) is 23.6 Å². The molecule has 0 bridgehead atoms. The lowest BCUT2D eigenvalue weighted by Gasteiger charge is -2.26. The molecule has 92 valence electrons. The quantitative estimate of drug-likeness (QED) is 0.700. The van der Waals surface area contributed by atoms with Gasteiger partial charge in [-0.2, -0.15) is 0 Å². The van der Waals surface area contributed by atoms with Crippen LogP contribution in [0.15, 0.2) is 60.7 Å². The fourth-order valence-electron chi connectivity index (χ4n) is 2.25. The summed E-state index contributed by atoms with van der Waals surface area (Å²) in [6, 6.07) is 19.4. The van der Waals surface area contributed by atoms with Crippen molar-refractivity contribution in [3.8, 4) is 0 Å². The van der Waals surface area contributed by atoms with E-state index in [1.807, 2.05) is 0 Å². The van der Waals surface area contributed by atoms with Gasteiger partial charge in [-0.1, -0.05) is 80.6 Å². The number of allylic oxidation sites excluding steroid dienone is 1. The lowest BCUT2D eigenvalue weighted by molar-refractivity contribution is 0.640. The minimum atomic E-state index is 0.0405. The van der Waals surface area contributed by atoms with Gasteiger partial charge in [-0.25, -0.2) is 0 Å². The van der Waals surface area contributed by atoms with Crippen molar-refractivity contribution in [3.05, 3.63) is 77.4 Å². The smallest absolute Gasteiger partial charge is 0.0146 e. The van der Waals surface area contributed by atoms with Gasteiger partial charge in [0.05, 0.1) is 0 Å². The van der Waals surface area contributed by atoms with Crippen molar-refractivity contribution < 1.29 is 0 Å². The lowest BCUT2D eigenvalue weighted by Crippen LogP contribution is -2.18. The van der Waals surface area contributed by atoms with Gasteiger partial charge in [-0.3, -0.25) is 0 Å². The second-order valence-electron chi connectivity index (χ2n) is 5.12. The molecule has 0 saturated heterocycles. The largest absolute Gasteiger partial charge is 0.0871 e. The van der Waals surface area contributed by atoms with Gasteiger partial charge in [0.25, 0.3) is 0 Å². The molecule has 0 fully saturated rings. The third-order valence-corrected chi connectivity index (χ3v) is 3.46. The van der Waals surface area contributed by atoms with E-state index in [1.165, 1.54) is 16.7 Å². The Kier molecular flexibility index (Phi) is 3.66. The highest BCUT2D eigenvalue weighted by Gasteiger charge is 2.22. The molecule has 0 aromatic heterocycles. The minimum absolute atomic E-state index is 0.0405. The maximum atomic E-state index is 2.27. The Balaban J connectivity index is 2.44. The summed E-state index contributed by atoms with van der Waals surface area (Å²) in [5.41, 5.74) is 4.00. The van der Waals surface area contributed by atoms with Crippen molar-refractivity contribution in [1.29, 1.82) is 0 Å². The van der Waals surface area contributed by atoms with Crippen LogP contribution in [0.3, 0.4) is 0 Å². The molecule has 0 nitrogen and oxygen atoms in total. The normalized spacial score (nSPS) is 11.9. The third-order valence-electron chi connectivity index (χ3n) is 3.46. The van der Waals surface area contributed by atoms with Crippen LogP contribution in [0.2, 0.25) is 0 Å². The Labute approximate surface area is 110 Å². The molecule has 2 aromatic carbocycles. The summed E-state index contributed by atoms with van der Waals surface area (Å²) in [4.78, 5) is 0. The van der Waals surface area contributed by atoms with E-state index in [0.717, 1.165) is 0 Å². The molecule has 0 N–H and O–H groups in total. The van der Waals surface area contributed by atoms with E-state index in [9.17, 15) is 0 Å². The summed E-state index contributed by atoms with van der Waals surface area (Å²) >= 11 is 0. The first-order valence-electron chi connectivity index (χ1n) is 6.43. The molecule has 0 aliphatic rings. The first-order valence-corrected chi connectivity index (χ1v) is 6.43. The van der Waals surface area contributed by atoms with Gasteiger partial charge in [0.1, 0.15) is 0 Å². The zero-order chi connectivity index (χ0) is 13.0. The molecule has 18 heavy (non-hydrogen) atoms. The monoisotopic (exact) mass is 236 g/mol. The average molecular weight is 236 g/mol. The summed E-state index contributed by atoms with van der Waals surface area (Å²) in [5, 5.41) is 0. The maximum Gasteiger partial charge on any atom is 0.0146 e. The van der Waals surface area contributed by atoms with E-state index >= 15 is 0 Å². The van der Waals surface area contributed by atoms with Crippen molar-refractivity contribution in [2.75, 3.05) is 0 Å². The van der Waals surface area contributed by atoms with Crippen LogP contribution in [0.5, 0.6) is 0 Å². The van der Waals surface area contributed by atoms with Gasteiger partial charge < -0.3 is 0 Å². The van der Waals surface area contributed by atoms with Crippen LogP contribution in [0.1, 0.15) is 37.5 Å². The second kappa shape index (κ2) is 5.22. The highest BCUT2D eigenvalue weighted by Crippen LogP contribution is 2.31. The number of benzene rings is 2. The van der Waals surface area contributed by atoms with E-state index in [4.69, 9.17) is 0 Å². The van der Waals surface area contributed by atoms with Gasteiger partial charge in [-0.15, -0.1) is 0 Å². The molecule has 2 aromatic rings. The van der Waals surface area contributed by atoms with Crippen LogP contribution in [0, 0.1) is 0 Å². The Bertz CT molecular complexity index is 533. The summed E-state index contributed by atoms with van der Waals surface area (Å²) < 4.78 is 0. The first kappa shape index (κ1) is 12.6. The first-order chi connectivity index (χ1) is 8.64. The molecular weight excluding hydrogens is 216 g/mol. The highest BCUT2D eigenvalue weighted by molar-refractivity contribution is 5.52. The van der Waals surface area contributed by atoms with Gasteiger partial charge in [0.2, 0.25) is 0 Å².